The van der Waals surface area contributed by atoms with Gasteiger partial charge in [-0.15, -0.1) is 0 Å². The minimum atomic E-state index is -0.503. The molecular weight excluding hydrogens is 548 g/mol. The molecule has 0 fully saturated rings. The molecule has 0 aromatic heterocycles. The molecule has 1 aliphatic heterocycles. The van der Waals surface area contributed by atoms with Crippen molar-refractivity contribution in [3.05, 3.63) is 53.1 Å². The lowest BCUT2D eigenvalue weighted by atomic mass is 9.95. The van der Waals surface area contributed by atoms with Crippen LogP contribution in [-0.2, 0) is 23.7 Å². The van der Waals surface area contributed by atoms with Gasteiger partial charge in [-0.3, -0.25) is 9.59 Å². The van der Waals surface area contributed by atoms with Crippen LogP contribution in [0.25, 0.3) is 0 Å². The second kappa shape index (κ2) is 19.0. The molecule has 0 saturated carbocycles. The third kappa shape index (κ3) is 10.5. The Balaban J connectivity index is 1.26. The predicted molar refractivity (Wildman–Crippen MR) is 154 cm³/mol. The Morgan fingerprint density at radius 1 is 0.810 bits per heavy atom. The number of carbonyl (C=O) groups excluding carboxylic acids is 2. The van der Waals surface area contributed by atoms with E-state index in [0.29, 0.717) is 108 Å². The van der Waals surface area contributed by atoms with Gasteiger partial charge in [-0.1, -0.05) is 12.1 Å². The summed E-state index contributed by atoms with van der Waals surface area (Å²) in [6.45, 7) is 5.59. The molecule has 12 nitrogen and oxygen atoms in total. The van der Waals surface area contributed by atoms with E-state index in [9.17, 15) is 9.59 Å². The van der Waals surface area contributed by atoms with Crippen LogP contribution in [0.4, 0.5) is 0 Å². The lowest BCUT2D eigenvalue weighted by Gasteiger charge is -2.27. The van der Waals surface area contributed by atoms with E-state index in [-0.39, 0.29) is 18.1 Å². The van der Waals surface area contributed by atoms with Crippen LogP contribution in [0.2, 0.25) is 0 Å². The highest BCUT2D eigenvalue weighted by molar-refractivity contribution is 6.01. The first-order valence-electron chi connectivity index (χ1n) is 14.0. The first-order valence-corrected chi connectivity index (χ1v) is 14.0. The van der Waals surface area contributed by atoms with Crippen LogP contribution in [0.3, 0.4) is 0 Å². The molecular formula is C30H42N2O10. The van der Waals surface area contributed by atoms with Crippen molar-refractivity contribution in [1.29, 1.82) is 0 Å². The number of ether oxygens (including phenoxy) is 8. The molecule has 1 amide bonds. The van der Waals surface area contributed by atoms with Crippen LogP contribution < -0.4 is 25.3 Å². The fraction of sp³-hybridized carbons (Fsp3) is 0.533. The largest absolute Gasteiger partial charge is 0.493 e. The van der Waals surface area contributed by atoms with Gasteiger partial charge in [0.25, 0.3) is 5.91 Å². The number of hydrogen-bond acceptors (Lipinski definition) is 11. The minimum absolute atomic E-state index is 0.0510. The fourth-order valence-corrected chi connectivity index (χ4v) is 4.14. The smallest absolute Gasteiger partial charge is 0.251 e. The van der Waals surface area contributed by atoms with Crippen molar-refractivity contribution in [3.8, 4) is 17.2 Å². The summed E-state index contributed by atoms with van der Waals surface area (Å²) in [6, 6.07) is 10.4. The highest BCUT2D eigenvalue weighted by Crippen LogP contribution is 2.45. The Kier molecular flexibility index (Phi) is 15.1. The molecule has 2 aromatic rings. The summed E-state index contributed by atoms with van der Waals surface area (Å²) in [5.41, 5.74) is 7.06. The first kappa shape index (κ1) is 33.2. The maximum atomic E-state index is 12.8. The topological polar surface area (TPSA) is 146 Å². The number of benzene rings is 2. The standard InChI is InChI=1S/C30H42N2O10/c1-35-26-8-7-24-25(33)21-27(42-28(24)29(26)36-2)22-3-5-23(6-4-22)30(34)32-10-12-38-14-16-40-18-20-41-19-17-39-15-13-37-11-9-31/h3-8,27H,9-21,31H2,1-2H3,(H,32,34). The third-order valence-corrected chi connectivity index (χ3v) is 6.26. The molecule has 3 rings (SSSR count). The number of hydrogen-bond donors (Lipinski definition) is 2. The zero-order chi connectivity index (χ0) is 30.0. The maximum absolute atomic E-state index is 12.8. The fourth-order valence-electron chi connectivity index (χ4n) is 4.14. The third-order valence-electron chi connectivity index (χ3n) is 6.26. The summed E-state index contributed by atoms with van der Waals surface area (Å²) in [6.07, 6.45) is -0.319. The number of amides is 1. The van der Waals surface area contributed by atoms with Gasteiger partial charge < -0.3 is 48.9 Å². The van der Waals surface area contributed by atoms with Crippen molar-refractivity contribution in [2.24, 2.45) is 5.73 Å². The average molecular weight is 591 g/mol. The maximum Gasteiger partial charge on any atom is 0.251 e. The van der Waals surface area contributed by atoms with Crippen LogP contribution in [0.1, 0.15) is 38.8 Å². The van der Waals surface area contributed by atoms with Crippen LogP contribution in [0.5, 0.6) is 17.2 Å². The van der Waals surface area contributed by atoms with E-state index in [1.165, 1.54) is 14.2 Å². The quantitative estimate of drug-likeness (QED) is 0.206. The van der Waals surface area contributed by atoms with E-state index in [0.717, 1.165) is 5.56 Å². The normalized spacial score (nSPS) is 14.3. The Morgan fingerprint density at radius 2 is 1.38 bits per heavy atom. The number of Topliss-reactive ketones (excluding diaryl/α,β-unsaturated/α-hetero) is 1. The monoisotopic (exact) mass is 590 g/mol. The van der Waals surface area contributed by atoms with E-state index in [4.69, 9.17) is 43.6 Å². The number of methoxy groups -OCH3 is 2. The van der Waals surface area contributed by atoms with Crippen LogP contribution >= 0.6 is 0 Å². The van der Waals surface area contributed by atoms with Crippen LogP contribution in [0.15, 0.2) is 36.4 Å². The highest BCUT2D eigenvalue weighted by atomic mass is 16.6. The number of rotatable bonds is 21. The Bertz CT molecular complexity index is 1100. The summed E-state index contributed by atoms with van der Waals surface area (Å²) in [4.78, 5) is 25.3. The average Bonchev–Trinajstić information content (AvgIpc) is 3.01. The van der Waals surface area contributed by atoms with Crippen molar-refractivity contribution < 1.29 is 47.5 Å². The summed E-state index contributed by atoms with van der Waals surface area (Å²) in [7, 11) is 3.03. The van der Waals surface area contributed by atoms with Crippen molar-refractivity contribution in [2.45, 2.75) is 12.5 Å². The Hall–Kier alpha value is -3.26. The van der Waals surface area contributed by atoms with E-state index >= 15 is 0 Å². The number of nitrogens with two attached hydrogens (primary N) is 1. The zero-order valence-corrected chi connectivity index (χ0v) is 24.4. The summed E-state index contributed by atoms with van der Waals surface area (Å²) in [5, 5.41) is 2.83. The molecule has 1 heterocycles. The number of ketones is 1. The second-order valence-corrected chi connectivity index (χ2v) is 9.14. The molecule has 1 atom stereocenters. The van der Waals surface area contributed by atoms with Crippen molar-refractivity contribution in [2.75, 3.05) is 93.4 Å². The SMILES string of the molecule is COc1ccc2c(c1OC)OC(c1ccc(C(=O)NCCOCCOCCOCCOCCOCCN)cc1)CC2=O. The Labute approximate surface area is 246 Å². The lowest BCUT2D eigenvalue weighted by Crippen LogP contribution is -2.27. The molecule has 1 aliphatic rings. The van der Waals surface area contributed by atoms with Gasteiger partial charge in [-0.2, -0.15) is 0 Å². The van der Waals surface area contributed by atoms with Crippen LogP contribution in [-0.4, -0.2) is 105 Å². The van der Waals surface area contributed by atoms with Crippen LogP contribution in [0, 0.1) is 0 Å². The number of fused-ring (bicyclic) bond motifs is 1. The molecule has 0 bridgehead atoms. The Morgan fingerprint density at radius 3 is 1.93 bits per heavy atom. The summed E-state index contributed by atoms with van der Waals surface area (Å²) >= 11 is 0. The van der Waals surface area contributed by atoms with E-state index in [1.807, 2.05) is 0 Å². The van der Waals surface area contributed by atoms with Gasteiger partial charge in [0.05, 0.1) is 92.3 Å². The lowest BCUT2D eigenvalue weighted by molar-refractivity contribution is -0.0102. The van der Waals surface area contributed by atoms with Crippen molar-refractivity contribution in [3.63, 3.8) is 0 Å². The van der Waals surface area contributed by atoms with Crippen molar-refractivity contribution >= 4 is 11.7 Å². The molecule has 1 unspecified atom stereocenters. The predicted octanol–water partition coefficient (Wildman–Crippen LogP) is 2.18. The molecule has 0 spiro atoms. The number of nitrogens with one attached hydrogen (secondary N) is 1. The molecule has 0 saturated heterocycles. The van der Waals surface area contributed by atoms with E-state index in [1.54, 1.807) is 36.4 Å². The van der Waals surface area contributed by atoms with Gasteiger partial charge in [0.2, 0.25) is 5.75 Å². The molecule has 2 aromatic carbocycles. The van der Waals surface area contributed by atoms with Gasteiger partial charge >= 0.3 is 0 Å². The second-order valence-electron chi connectivity index (χ2n) is 9.14. The van der Waals surface area contributed by atoms with Gasteiger partial charge in [0.15, 0.2) is 17.3 Å². The van der Waals surface area contributed by atoms with Gasteiger partial charge in [-0.05, 0) is 29.8 Å². The van der Waals surface area contributed by atoms with E-state index < -0.39 is 6.10 Å². The molecule has 42 heavy (non-hydrogen) atoms. The van der Waals surface area contributed by atoms with Gasteiger partial charge in [0.1, 0.15) is 6.10 Å². The first-order chi connectivity index (χ1) is 20.6. The van der Waals surface area contributed by atoms with Crippen molar-refractivity contribution in [1.82, 2.24) is 5.32 Å². The molecule has 0 aliphatic carbocycles. The van der Waals surface area contributed by atoms with E-state index in [2.05, 4.69) is 5.32 Å². The minimum Gasteiger partial charge on any atom is -0.493 e. The zero-order valence-electron chi connectivity index (χ0n) is 24.4. The summed E-state index contributed by atoms with van der Waals surface area (Å²) < 4.78 is 43.9. The summed E-state index contributed by atoms with van der Waals surface area (Å²) in [5.74, 6) is 0.955. The molecule has 3 N–H and O–H groups in total. The molecule has 12 heteroatoms. The van der Waals surface area contributed by atoms with Gasteiger partial charge in [0, 0.05) is 18.7 Å². The van der Waals surface area contributed by atoms with Gasteiger partial charge in [-0.25, -0.2) is 0 Å². The highest BCUT2D eigenvalue weighted by Gasteiger charge is 2.31. The number of carbonyl (C=O) groups is 2. The molecule has 232 valence electrons. The molecule has 0 radical (unpaired) electrons.